The van der Waals surface area contributed by atoms with Crippen LogP contribution in [-0.4, -0.2) is 0 Å². The van der Waals surface area contributed by atoms with Gasteiger partial charge >= 0.3 is 21.2 Å². The molecule has 0 N–H and O–H groups in total. The van der Waals surface area contributed by atoms with Crippen molar-refractivity contribution < 1.29 is 21.2 Å². The van der Waals surface area contributed by atoms with Crippen LogP contribution in [0.1, 0.15) is 34.6 Å². The van der Waals surface area contributed by atoms with Crippen molar-refractivity contribution in [2.75, 3.05) is 0 Å². The summed E-state index contributed by atoms with van der Waals surface area (Å²) in [5.74, 6) is 0. The van der Waals surface area contributed by atoms with Gasteiger partial charge in [0.05, 0.1) is 0 Å². The summed E-state index contributed by atoms with van der Waals surface area (Å²) < 4.78 is 2.79. The second-order valence-corrected chi connectivity index (χ2v) is 5.70. The first-order valence-corrected chi connectivity index (χ1v) is 8.68. The lowest BCUT2D eigenvalue weighted by Gasteiger charge is -1.84. The fourth-order valence-electron chi connectivity index (χ4n) is 0.930. The smallest absolute Gasteiger partial charge is 0.0946 e. The predicted molar refractivity (Wildman–Crippen MR) is 80.9 cm³/mol. The molecule has 18 heavy (non-hydrogen) atoms. The van der Waals surface area contributed by atoms with Gasteiger partial charge in [-0.1, -0.05) is 64.6 Å². The Balaban J connectivity index is 0. The van der Waals surface area contributed by atoms with E-state index in [0.29, 0.717) is 0 Å². The molecule has 1 rings (SSSR count). The maximum absolute atomic E-state index is 3.84. The number of rotatable bonds is 4. The van der Waals surface area contributed by atoms with Crippen molar-refractivity contribution in [1.29, 1.82) is 0 Å². The van der Waals surface area contributed by atoms with E-state index in [2.05, 4.69) is 49.1 Å². The Morgan fingerprint density at radius 3 is 2.06 bits per heavy atom. The van der Waals surface area contributed by atoms with Gasteiger partial charge in [0.15, 0.2) is 7.15 Å². The van der Waals surface area contributed by atoms with Gasteiger partial charge in [-0.3, -0.25) is 0 Å². The molecule has 0 spiro atoms. The van der Waals surface area contributed by atoms with Crippen LogP contribution in [0, 0.1) is 3.57 Å². The fraction of sp³-hybridized carbons (Fsp3) is 0.294. The Kier molecular flexibility index (Phi) is 17.5. The third-order valence-corrected chi connectivity index (χ3v) is 4.36. The van der Waals surface area contributed by atoms with Crippen molar-refractivity contribution in [2.24, 2.45) is 0 Å². The Morgan fingerprint density at radius 2 is 1.61 bits per heavy atom. The highest BCUT2D eigenvalue weighted by molar-refractivity contribution is 5.15. The first-order valence-electron chi connectivity index (χ1n) is 6.52. The average molecular weight is 357 g/mol. The highest BCUT2D eigenvalue weighted by Crippen LogP contribution is 1.85. The molecule has 0 unspecified atom stereocenters. The molecule has 0 bridgehead atoms. The third-order valence-electron chi connectivity index (χ3n) is 1.59. The topological polar surface area (TPSA) is 0 Å². The van der Waals surface area contributed by atoms with Crippen molar-refractivity contribution in [3.05, 3.63) is 68.4 Å². The molecule has 0 aliphatic rings. The van der Waals surface area contributed by atoms with Gasteiger partial charge in [-0.25, -0.2) is 0 Å². The van der Waals surface area contributed by atoms with E-state index in [-0.39, 0.29) is 21.2 Å². The number of halogens is 1. The zero-order valence-corrected chi connectivity index (χ0v) is 14.4. The first-order chi connectivity index (χ1) is 8.86. The number of hydrogen-bond donors (Lipinski definition) is 0. The van der Waals surface area contributed by atoms with Crippen molar-refractivity contribution in [1.82, 2.24) is 0 Å². The van der Waals surface area contributed by atoms with Gasteiger partial charge in [-0.2, -0.15) is 0 Å². The highest BCUT2D eigenvalue weighted by atomic mass is 127. The maximum Gasteiger partial charge on any atom is 0.357 e. The second-order valence-electron chi connectivity index (χ2n) is 2.67. The van der Waals surface area contributed by atoms with Crippen LogP contribution in [0.4, 0.5) is 0 Å². The largest absolute Gasteiger partial charge is 0.357 e. The molecule has 0 aliphatic carbocycles. The molecule has 0 fully saturated rings. The van der Waals surface area contributed by atoms with Crippen LogP contribution >= 0.6 is 0 Å². The molecule has 1 heteroatoms. The summed E-state index contributed by atoms with van der Waals surface area (Å²) in [7, 11) is 0. The summed E-state index contributed by atoms with van der Waals surface area (Å²) in [6.07, 6.45) is 8.21. The van der Waals surface area contributed by atoms with Crippen LogP contribution in [0.25, 0.3) is 0 Å². The number of hydrogen-bond acceptors (Lipinski definition) is 0. The summed E-state index contributed by atoms with van der Waals surface area (Å²) in [6.45, 7) is 13.9. The molecule has 1 aromatic carbocycles. The molecule has 0 aliphatic heterocycles. The first kappa shape index (κ1) is 19.5. The van der Waals surface area contributed by atoms with Crippen LogP contribution in [0.5, 0.6) is 0 Å². The van der Waals surface area contributed by atoms with Gasteiger partial charge in [-0.05, 0) is 31.2 Å². The quantitative estimate of drug-likeness (QED) is 0.574. The van der Waals surface area contributed by atoms with Crippen LogP contribution in [0.2, 0.25) is 0 Å². The molecule has 0 radical (unpaired) electrons. The molecule has 0 saturated heterocycles. The van der Waals surface area contributed by atoms with E-state index in [4.69, 9.17) is 0 Å². The maximum atomic E-state index is 3.84. The second kappa shape index (κ2) is 16.2. The molecule has 0 heterocycles. The van der Waals surface area contributed by atoms with Gasteiger partial charge < -0.3 is 0 Å². The monoisotopic (exact) mass is 357 g/mol. The molecule has 0 amide bonds. The molecule has 100 valence electrons. The Hall–Kier alpha value is -0.830. The molecule has 0 aromatic heterocycles. The van der Waals surface area contributed by atoms with Crippen molar-refractivity contribution >= 4 is 0 Å². The van der Waals surface area contributed by atoms with E-state index in [1.54, 1.807) is 0 Å². The predicted octanol–water partition coefficient (Wildman–Crippen LogP) is 2.64. The third kappa shape index (κ3) is 10.3. The van der Waals surface area contributed by atoms with E-state index in [0.717, 1.165) is 0 Å². The lowest BCUT2D eigenvalue weighted by Crippen LogP contribution is -3.60. The van der Waals surface area contributed by atoms with Crippen molar-refractivity contribution in [3.8, 4) is 0 Å². The lowest BCUT2D eigenvalue weighted by molar-refractivity contribution is -0.571. The van der Waals surface area contributed by atoms with Crippen molar-refractivity contribution in [3.63, 3.8) is 0 Å². The van der Waals surface area contributed by atoms with E-state index in [1.165, 1.54) is 7.15 Å². The fourth-order valence-corrected chi connectivity index (χ4v) is 3.03. The minimum atomic E-state index is -0.0599. The van der Waals surface area contributed by atoms with Gasteiger partial charge in [0, 0.05) is 0 Å². The Bertz CT molecular complexity index is 334. The zero-order valence-electron chi connectivity index (χ0n) is 12.3. The van der Waals surface area contributed by atoms with E-state index in [9.17, 15) is 0 Å². The summed E-state index contributed by atoms with van der Waals surface area (Å²) in [5.41, 5.74) is 0. The zero-order chi connectivity index (χ0) is 14.2. The van der Waals surface area contributed by atoms with Crippen LogP contribution in [0.15, 0.2) is 64.8 Å². The minimum Gasteiger partial charge on any atom is -0.0946 e. The lowest BCUT2D eigenvalue weighted by atomic mass is 10.4. The van der Waals surface area contributed by atoms with E-state index < -0.39 is 0 Å². The van der Waals surface area contributed by atoms with Gasteiger partial charge in [0.2, 0.25) is 0 Å². The summed E-state index contributed by atoms with van der Waals surface area (Å²) in [5, 5.41) is 0. The van der Waals surface area contributed by atoms with Gasteiger partial charge in [-0.15, -0.1) is 0 Å². The molecule has 0 nitrogen and oxygen atoms in total. The molecule has 0 atom stereocenters. The van der Waals surface area contributed by atoms with E-state index in [1.807, 2.05) is 46.8 Å². The summed E-state index contributed by atoms with van der Waals surface area (Å²) in [4.78, 5) is 0. The summed E-state index contributed by atoms with van der Waals surface area (Å²) >= 11 is -0.0599. The van der Waals surface area contributed by atoms with Crippen LogP contribution < -0.4 is 21.2 Å². The van der Waals surface area contributed by atoms with Crippen molar-refractivity contribution in [2.45, 2.75) is 34.6 Å². The molecule has 1 aromatic rings. The summed E-state index contributed by atoms with van der Waals surface area (Å²) in [6, 6.07) is 10.6. The number of allylic oxidation sites excluding steroid dienone is 5. The van der Waals surface area contributed by atoms with Gasteiger partial charge in [0.1, 0.15) is 0 Å². The highest BCUT2D eigenvalue weighted by Gasteiger charge is 2.13. The SMILES string of the molecule is C=C/C(=C\C=C/C)[I+]c1ccccc1.CC.CC. The van der Waals surface area contributed by atoms with Crippen LogP contribution in [0.3, 0.4) is 0 Å². The molecule has 0 saturated carbocycles. The molecular formula is C17H26I+. The Labute approximate surface area is 124 Å². The normalized spacial score (nSPS) is 9.94. The Morgan fingerprint density at radius 1 is 1.06 bits per heavy atom. The average Bonchev–Trinajstić information content (AvgIpc) is 2.48. The number of benzene rings is 1. The van der Waals surface area contributed by atoms with Gasteiger partial charge in [0.25, 0.3) is 0 Å². The standard InChI is InChI=1S/C13H14I.2C2H6/c1-3-5-9-12(4-2)14-13-10-7-6-8-11-13;2*1-2/h3-11H,2H2,1H3;2*1-2H3/q+1;;/b5-3-,12-9+;;. The van der Waals surface area contributed by atoms with E-state index >= 15 is 0 Å². The minimum absolute atomic E-state index is 0.0599. The molecular weight excluding hydrogens is 331 g/mol. The van der Waals surface area contributed by atoms with Crippen LogP contribution in [-0.2, 0) is 0 Å².